The van der Waals surface area contributed by atoms with Gasteiger partial charge in [-0.3, -0.25) is 9.59 Å². The Bertz CT molecular complexity index is 647. The zero-order valence-electron chi connectivity index (χ0n) is 16.0. The molecular weight excluding hydrogens is 346 g/mol. The standard InChI is InChI=1S/C20H29N3O4/c1-26-15-20(7-9-21-10-8-20)19(25)22-16-5-4-6-17(13-16)27-14-18(24)23-11-2-3-12-23/h4-6,13,21H,2-3,7-12,14-15H2,1H3,(H,22,25). The summed E-state index contributed by atoms with van der Waals surface area (Å²) < 4.78 is 11.0. The molecule has 1 aromatic rings. The van der Waals surface area contributed by atoms with Gasteiger partial charge < -0.3 is 25.0 Å². The van der Waals surface area contributed by atoms with Crippen molar-refractivity contribution in [2.75, 3.05) is 51.8 Å². The summed E-state index contributed by atoms with van der Waals surface area (Å²) in [5.74, 6) is 0.554. The van der Waals surface area contributed by atoms with Crippen LogP contribution in [-0.4, -0.2) is 63.2 Å². The van der Waals surface area contributed by atoms with Gasteiger partial charge in [0, 0.05) is 32.0 Å². The van der Waals surface area contributed by atoms with Crippen molar-refractivity contribution in [3.63, 3.8) is 0 Å². The molecule has 2 aliphatic rings. The van der Waals surface area contributed by atoms with Crippen LogP contribution in [-0.2, 0) is 14.3 Å². The van der Waals surface area contributed by atoms with Crippen molar-refractivity contribution in [2.45, 2.75) is 25.7 Å². The highest BCUT2D eigenvalue weighted by Crippen LogP contribution is 2.31. The fourth-order valence-corrected chi connectivity index (χ4v) is 3.75. The molecule has 7 nitrogen and oxygen atoms in total. The molecule has 0 atom stereocenters. The first-order valence-electron chi connectivity index (χ1n) is 9.65. The number of nitrogens with one attached hydrogen (secondary N) is 2. The van der Waals surface area contributed by atoms with Crippen LogP contribution in [0.1, 0.15) is 25.7 Å². The molecule has 148 valence electrons. The van der Waals surface area contributed by atoms with Crippen LogP contribution in [0.5, 0.6) is 5.75 Å². The first kappa shape index (κ1) is 19.6. The van der Waals surface area contributed by atoms with Crippen LogP contribution in [0.3, 0.4) is 0 Å². The zero-order chi connectivity index (χ0) is 19.1. The minimum Gasteiger partial charge on any atom is -0.484 e. The first-order valence-corrected chi connectivity index (χ1v) is 9.65. The maximum atomic E-state index is 12.9. The molecule has 0 radical (unpaired) electrons. The Morgan fingerprint density at radius 1 is 1.22 bits per heavy atom. The zero-order valence-corrected chi connectivity index (χ0v) is 16.0. The van der Waals surface area contributed by atoms with E-state index in [2.05, 4.69) is 10.6 Å². The van der Waals surface area contributed by atoms with Crippen molar-refractivity contribution >= 4 is 17.5 Å². The maximum Gasteiger partial charge on any atom is 0.260 e. The fourth-order valence-electron chi connectivity index (χ4n) is 3.75. The van der Waals surface area contributed by atoms with Crippen molar-refractivity contribution in [3.8, 4) is 5.75 Å². The summed E-state index contributed by atoms with van der Waals surface area (Å²) in [6.07, 6.45) is 3.61. The van der Waals surface area contributed by atoms with E-state index in [0.717, 1.165) is 51.9 Å². The smallest absolute Gasteiger partial charge is 0.260 e. The Balaban J connectivity index is 1.59. The largest absolute Gasteiger partial charge is 0.484 e. The molecule has 7 heteroatoms. The van der Waals surface area contributed by atoms with E-state index in [4.69, 9.17) is 9.47 Å². The minimum atomic E-state index is -0.511. The predicted molar refractivity (Wildman–Crippen MR) is 103 cm³/mol. The Hall–Kier alpha value is -2.12. The van der Waals surface area contributed by atoms with Gasteiger partial charge in [0.05, 0.1) is 12.0 Å². The molecule has 0 aliphatic carbocycles. The van der Waals surface area contributed by atoms with E-state index in [-0.39, 0.29) is 18.4 Å². The van der Waals surface area contributed by atoms with Crippen LogP contribution in [0.4, 0.5) is 5.69 Å². The van der Waals surface area contributed by atoms with Crippen molar-refractivity contribution in [1.82, 2.24) is 10.2 Å². The van der Waals surface area contributed by atoms with Gasteiger partial charge in [-0.2, -0.15) is 0 Å². The van der Waals surface area contributed by atoms with Gasteiger partial charge in [0.25, 0.3) is 5.91 Å². The van der Waals surface area contributed by atoms with Gasteiger partial charge in [0.1, 0.15) is 5.75 Å². The Kier molecular flexibility index (Phi) is 6.68. The number of anilines is 1. The molecule has 2 heterocycles. The second-order valence-corrected chi connectivity index (χ2v) is 7.32. The third-order valence-electron chi connectivity index (χ3n) is 5.38. The number of rotatable bonds is 7. The van der Waals surface area contributed by atoms with Crippen LogP contribution in [0.25, 0.3) is 0 Å². The van der Waals surface area contributed by atoms with Crippen molar-refractivity contribution in [2.24, 2.45) is 5.41 Å². The van der Waals surface area contributed by atoms with Crippen molar-refractivity contribution in [3.05, 3.63) is 24.3 Å². The normalized spacial score (nSPS) is 18.9. The van der Waals surface area contributed by atoms with E-state index in [0.29, 0.717) is 18.0 Å². The van der Waals surface area contributed by atoms with E-state index >= 15 is 0 Å². The van der Waals surface area contributed by atoms with Gasteiger partial charge in [-0.15, -0.1) is 0 Å². The molecule has 2 fully saturated rings. The van der Waals surface area contributed by atoms with Crippen LogP contribution in [0, 0.1) is 5.41 Å². The molecule has 2 amide bonds. The molecule has 0 bridgehead atoms. The van der Waals surface area contributed by atoms with Gasteiger partial charge in [-0.1, -0.05) is 6.07 Å². The van der Waals surface area contributed by atoms with Crippen LogP contribution >= 0.6 is 0 Å². The number of benzene rings is 1. The predicted octanol–water partition coefficient (Wildman–Crippen LogP) is 1.64. The number of hydrogen-bond donors (Lipinski definition) is 2. The third kappa shape index (κ3) is 4.99. The first-order chi connectivity index (χ1) is 13.1. The molecule has 0 saturated carbocycles. The summed E-state index contributed by atoms with van der Waals surface area (Å²) in [5.41, 5.74) is 0.155. The number of amides is 2. The maximum absolute atomic E-state index is 12.9. The number of nitrogens with zero attached hydrogens (tertiary/aromatic N) is 1. The highest BCUT2D eigenvalue weighted by atomic mass is 16.5. The van der Waals surface area contributed by atoms with E-state index in [1.807, 2.05) is 17.0 Å². The van der Waals surface area contributed by atoms with Crippen LogP contribution in [0.15, 0.2) is 24.3 Å². The van der Waals surface area contributed by atoms with Crippen molar-refractivity contribution in [1.29, 1.82) is 0 Å². The molecular formula is C20H29N3O4. The average Bonchev–Trinajstić information content (AvgIpc) is 3.22. The Morgan fingerprint density at radius 3 is 2.67 bits per heavy atom. The number of hydrogen-bond acceptors (Lipinski definition) is 5. The fraction of sp³-hybridized carbons (Fsp3) is 0.600. The third-order valence-corrected chi connectivity index (χ3v) is 5.38. The molecule has 2 N–H and O–H groups in total. The lowest BCUT2D eigenvalue weighted by atomic mass is 9.78. The molecule has 0 unspecified atom stereocenters. The number of carbonyl (C=O) groups excluding carboxylic acids is 2. The summed E-state index contributed by atoms with van der Waals surface area (Å²) in [5, 5.41) is 6.28. The second kappa shape index (κ2) is 9.19. The summed E-state index contributed by atoms with van der Waals surface area (Å²) >= 11 is 0. The quantitative estimate of drug-likeness (QED) is 0.757. The van der Waals surface area contributed by atoms with E-state index in [9.17, 15) is 9.59 Å². The molecule has 2 aliphatic heterocycles. The van der Waals surface area contributed by atoms with E-state index in [1.165, 1.54) is 0 Å². The Morgan fingerprint density at radius 2 is 1.96 bits per heavy atom. The van der Waals surface area contributed by atoms with E-state index < -0.39 is 5.41 Å². The lowest BCUT2D eigenvalue weighted by Gasteiger charge is -2.35. The molecule has 2 saturated heterocycles. The second-order valence-electron chi connectivity index (χ2n) is 7.32. The average molecular weight is 375 g/mol. The Labute approximate surface area is 160 Å². The van der Waals surface area contributed by atoms with Crippen LogP contribution in [0.2, 0.25) is 0 Å². The number of carbonyl (C=O) groups is 2. The minimum absolute atomic E-state index is 0.00990. The molecule has 0 spiro atoms. The van der Waals surface area contributed by atoms with E-state index in [1.54, 1.807) is 19.2 Å². The topological polar surface area (TPSA) is 79.9 Å². The summed E-state index contributed by atoms with van der Waals surface area (Å²) in [4.78, 5) is 26.9. The highest BCUT2D eigenvalue weighted by molar-refractivity contribution is 5.95. The number of methoxy groups -OCH3 is 1. The lowest BCUT2D eigenvalue weighted by molar-refractivity contribution is -0.132. The van der Waals surface area contributed by atoms with Gasteiger partial charge in [-0.25, -0.2) is 0 Å². The molecule has 27 heavy (non-hydrogen) atoms. The lowest BCUT2D eigenvalue weighted by Crippen LogP contribution is -2.47. The summed E-state index contributed by atoms with van der Waals surface area (Å²) in [6.45, 7) is 3.66. The van der Waals surface area contributed by atoms with Crippen LogP contribution < -0.4 is 15.4 Å². The number of likely N-dealkylation sites (tertiary alicyclic amines) is 1. The SMILES string of the molecule is COCC1(C(=O)Nc2cccc(OCC(=O)N3CCCC3)c2)CCNCC1. The van der Waals surface area contributed by atoms with Gasteiger partial charge in [0.15, 0.2) is 6.61 Å². The van der Waals surface area contributed by atoms with Gasteiger partial charge >= 0.3 is 0 Å². The van der Waals surface area contributed by atoms with Crippen molar-refractivity contribution < 1.29 is 19.1 Å². The summed E-state index contributed by atoms with van der Waals surface area (Å²) in [7, 11) is 1.63. The number of ether oxygens (including phenoxy) is 2. The highest BCUT2D eigenvalue weighted by Gasteiger charge is 2.39. The molecule has 1 aromatic carbocycles. The number of piperidine rings is 1. The summed E-state index contributed by atoms with van der Waals surface area (Å²) in [6, 6.07) is 7.20. The van der Waals surface area contributed by atoms with Gasteiger partial charge in [0.2, 0.25) is 5.91 Å². The van der Waals surface area contributed by atoms with Gasteiger partial charge in [-0.05, 0) is 50.9 Å². The monoisotopic (exact) mass is 375 g/mol. The molecule has 3 rings (SSSR count). The molecule has 0 aromatic heterocycles.